The third kappa shape index (κ3) is 5.57. The predicted octanol–water partition coefficient (Wildman–Crippen LogP) is 4.16. The van der Waals surface area contributed by atoms with Gasteiger partial charge in [-0.25, -0.2) is 4.72 Å². The van der Waals surface area contributed by atoms with Crippen LogP contribution in [0.3, 0.4) is 0 Å². The minimum atomic E-state index is -5.16. The van der Waals surface area contributed by atoms with E-state index in [1.165, 1.54) is 19.2 Å². The van der Waals surface area contributed by atoms with E-state index in [-0.39, 0.29) is 27.9 Å². The Labute approximate surface area is 263 Å². The van der Waals surface area contributed by atoms with Gasteiger partial charge in [-0.3, -0.25) is 9.59 Å². The van der Waals surface area contributed by atoms with Crippen molar-refractivity contribution in [2.75, 3.05) is 47.3 Å². The van der Waals surface area contributed by atoms with Crippen LogP contribution in [0, 0.1) is 0 Å². The summed E-state index contributed by atoms with van der Waals surface area (Å²) in [5, 5.41) is 0.764. The van der Waals surface area contributed by atoms with E-state index in [2.05, 4.69) is 0 Å². The standard InChI is InChI=1S/C32H38N4O6S/c1-34-13-15-42-16-14-35(2)43(39,40)33-31(37)22-9-11-27-28(19-22)36-20-24(32(34)38)17-23-18-25(41-3)10-12-26(23)30(36)29(27)21-7-5-4-6-8-21/h9-12,17-19,21H,4-8,13-16,20H2,1-3H3,(H,33,37)/i13D2,14D2,15D2,16D2. The zero-order valence-electron chi connectivity index (χ0n) is 32.1. The van der Waals surface area contributed by atoms with Crippen LogP contribution in [0.15, 0.2) is 42.0 Å². The van der Waals surface area contributed by atoms with Gasteiger partial charge < -0.3 is 18.9 Å². The van der Waals surface area contributed by atoms with Gasteiger partial charge in [-0.05, 0) is 66.3 Å². The minimum Gasteiger partial charge on any atom is -0.497 e. The molecule has 43 heavy (non-hydrogen) atoms. The molecule has 1 aromatic heterocycles. The third-order valence-electron chi connectivity index (χ3n) is 8.23. The molecule has 0 spiro atoms. The first-order valence-electron chi connectivity index (χ1n) is 18.0. The van der Waals surface area contributed by atoms with E-state index in [1.807, 2.05) is 10.6 Å². The normalized spacial score (nSPS) is 27.9. The maximum Gasteiger partial charge on any atom is 0.303 e. The summed E-state index contributed by atoms with van der Waals surface area (Å²) in [5.41, 5.74) is 3.36. The molecule has 11 heteroatoms. The highest BCUT2D eigenvalue weighted by Crippen LogP contribution is 2.47. The second-order valence-electron chi connectivity index (χ2n) is 10.8. The van der Waals surface area contributed by atoms with Crippen LogP contribution in [0.5, 0.6) is 5.75 Å². The number of benzene rings is 2. The molecule has 4 bridgehead atoms. The largest absolute Gasteiger partial charge is 0.497 e. The lowest BCUT2D eigenvalue weighted by atomic mass is 9.81. The van der Waals surface area contributed by atoms with E-state index in [0.29, 0.717) is 28.8 Å². The van der Waals surface area contributed by atoms with E-state index in [9.17, 15) is 18.0 Å². The van der Waals surface area contributed by atoms with Crippen molar-refractivity contribution in [3.8, 4) is 17.0 Å². The number of hydrogen-bond acceptors (Lipinski definition) is 6. The van der Waals surface area contributed by atoms with Gasteiger partial charge >= 0.3 is 10.2 Å². The van der Waals surface area contributed by atoms with E-state index >= 15 is 0 Å². The van der Waals surface area contributed by atoms with Crippen LogP contribution in [-0.2, 0) is 26.3 Å². The van der Waals surface area contributed by atoms with Gasteiger partial charge in [0, 0.05) is 57.4 Å². The van der Waals surface area contributed by atoms with Crippen molar-refractivity contribution >= 4 is 39.0 Å². The summed E-state index contributed by atoms with van der Waals surface area (Å²) < 4.78 is 108. The Balaban J connectivity index is 1.66. The van der Waals surface area contributed by atoms with Gasteiger partial charge in [0.1, 0.15) is 5.75 Å². The lowest BCUT2D eigenvalue weighted by molar-refractivity contribution is -0.126. The first kappa shape index (κ1) is 21.1. The molecule has 3 aromatic rings. The molecule has 0 atom stereocenters. The number of ether oxygens (including phenoxy) is 2. The van der Waals surface area contributed by atoms with Crippen LogP contribution >= 0.6 is 0 Å². The third-order valence-corrected chi connectivity index (χ3v) is 9.49. The Morgan fingerprint density at radius 3 is 2.56 bits per heavy atom. The summed E-state index contributed by atoms with van der Waals surface area (Å²) in [6.07, 6.45) is 6.40. The summed E-state index contributed by atoms with van der Waals surface area (Å²) >= 11 is 0. The van der Waals surface area contributed by atoms with Crippen molar-refractivity contribution in [1.82, 2.24) is 18.5 Å². The Morgan fingerprint density at radius 1 is 1.02 bits per heavy atom. The first-order valence-corrected chi connectivity index (χ1v) is 15.4. The molecule has 2 aliphatic heterocycles. The lowest BCUT2D eigenvalue weighted by Gasteiger charge is -2.24. The second kappa shape index (κ2) is 11.8. The number of likely N-dealkylation sites (N-methyl/N-ethyl adjacent to an activating group) is 2. The molecular weight excluding hydrogens is 568 g/mol. The number of carbonyl (C=O) groups is 2. The molecule has 3 aliphatic rings. The number of carbonyl (C=O) groups excluding carboxylic acids is 2. The molecule has 228 valence electrons. The van der Waals surface area contributed by atoms with Gasteiger partial charge in [0.15, 0.2) is 0 Å². The number of nitrogens with zero attached hydrogens (tertiary/aromatic N) is 3. The first-order chi connectivity index (χ1) is 23.6. The topological polar surface area (TPSA) is 110 Å². The quantitative estimate of drug-likeness (QED) is 0.465. The van der Waals surface area contributed by atoms with Crippen LogP contribution < -0.4 is 9.46 Å². The van der Waals surface area contributed by atoms with Gasteiger partial charge in [0.2, 0.25) is 0 Å². The summed E-state index contributed by atoms with van der Waals surface area (Å²) in [5.74, 6) is -1.56. The Hall–Kier alpha value is -3.67. The summed E-state index contributed by atoms with van der Waals surface area (Å²) in [4.78, 5) is 28.3. The maximum absolute atomic E-state index is 14.3. The van der Waals surface area contributed by atoms with E-state index < -0.39 is 48.1 Å². The fraction of sp³-hybridized carbons (Fsp3) is 0.438. The fourth-order valence-electron chi connectivity index (χ4n) is 6.09. The molecule has 10 nitrogen and oxygen atoms in total. The second-order valence-corrected chi connectivity index (χ2v) is 12.5. The summed E-state index contributed by atoms with van der Waals surface area (Å²) in [6.45, 7) is -15.0. The number of hydrogen-bond donors (Lipinski definition) is 1. The van der Waals surface area contributed by atoms with Crippen molar-refractivity contribution in [2.24, 2.45) is 0 Å². The lowest BCUT2D eigenvalue weighted by Crippen LogP contribution is -2.42. The Bertz CT molecular complexity index is 2080. The Morgan fingerprint density at radius 2 is 1.79 bits per heavy atom. The predicted molar refractivity (Wildman–Crippen MR) is 165 cm³/mol. The summed E-state index contributed by atoms with van der Waals surface area (Å²) in [6, 6.07) is 9.97. The van der Waals surface area contributed by atoms with Crippen LogP contribution in [0.25, 0.3) is 28.2 Å². The number of nitrogens with one attached hydrogen (secondary N) is 1. The number of methoxy groups -OCH3 is 1. The highest BCUT2D eigenvalue weighted by Gasteiger charge is 2.31. The molecule has 3 heterocycles. The molecule has 6 rings (SSSR count). The molecule has 2 aromatic carbocycles. The van der Waals surface area contributed by atoms with E-state index in [4.69, 9.17) is 20.4 Å². The van der Waals surface area contributed by atoms with Gasteiger partial charge in [-0.1, -0.05) is 25.3 Å². The van der Waals surface area contributed by atoms with Crippen molar-refractivity contribution in [1.29, 1.82) is 0 Å². The highest BCUT2D eigenvalue weighted by atomic mass is 32.2. The molecule has 1 N–H and O–H groups in total. The fourth-order valence-corrected chi connectivity index (χ4v) is 6.73. The van der Waals surface area contributed by atoms with Crippen LogP contribution in [-0.4, -0.2) is 81.3 Å². The smallest absolute Gasteiger partial charge is 0.303 e. The molecule has 1 aliphatic carbocycles. The maximum atomic E-state index is 14.3. The average molecular weight is 615 g/mol. The van der Waals surface area contributed by atoms with Crippen molar-refractivity contribution in [2.45, 2.75) is 44.6 Å². The number of amides is 2. The van der Waals surface area contributed by atoms with Gasteiger partial charge in [-0.2, -0.15) is 12.7 Å². The van der Waals surface area contributed by atoms with Crippen LogP contribution in [0.1, 0.15) is 70.5 Å². The molecular formula is C32H38N4O6S. The SMILES string of the molecule is [2H]C1([2H])OC([2H])([2H])C([2H])([2H])N(C)S(=O)(=O)NC(=O)c2ccc3c(C4CCCCC4)c4n(c3c2)CC(=Cc2cc(OC)ccc2-4)C(=O)N(C)C1([2H])[2H]. The minimum absolute atomic E-state index is 0.00246. The number of aromatic nitrogens is 1. The number of fused-ring (bicyclic) bond motifs is 4. The van der Waals surface area contributed by atoms with Gasteiger partial charge in [0.25, 0.3) is 11.8 Å². The number of rotatable bonds is 2. The van der Waals surface area contributed by atoms with Crippen molar-refractivity contribution in [3.05, 3.63) is 58.7 Å². The monoisotopic (exact) mass is 614 g/mol. The van der Waals surface area contributed by atoms with Gasteiger partial charge in [-0.15, -0.1) is 0 Å². The zero-order valence-corrected chi connectivity index (χ0v) is 24.9. The highest BCUT2D eigenvalue weighted by molar-refractivity contribution is 7.87. The van der Waals surface area contributed by atoms with Crippen LogP contribution in [0.2, 0.25) is 0 Å². The van der Waals surface area contributed by atoms with E-state index in [1.54, 1.807) is 29.0 Å². The van der Waals surface area contributed by atoms with Crippen LogP contribution in [0.4, 0.5) is 0 Å². The molecule has 0 radical (unpaired) electrons. The zero-order chi connectivity index (χ0) is 37.5. The molecule has 2 amide bonds. The molecule has 1 fully saturated rings. The summed E-state index contributed by atoms with van der Waals surface area (Å²) in [7, 11) is -2.08. The molecule has 1 saturated carbocycles. The average Bonchev–Trinajstić information content (AvgIpc) is 3.28. The van der Waals surface area contributed by atoms with E-state index in [0.717, 1.165) is 61.4 Å². The Kier molecular flexibility index (Phi) is 5.78. The molecule has 0 unspecified atom stereocenters. The molecule has 0 saturated heterocycles. The van der Waals surface area contributed by atoms with Crippen molar-refractivity contribution < 1.29 is 38.4 Å². The van der Waals surface area contributed by atoms with Gasteiger partial charge in [0.05, 0.1) is 40.7 Å². The van der Waals surface area contributed by atoms with Crippen molar-refractivity contribution in [3.63, 3.8) is 0 Å².